The van der Waals surface area contributed by atoms with Gasteiger partial charge in [0.15, 0.2) is 0 Å². The summed E-state index contributed by atoms with van der Waals surface area (Å²) in [6, 6.07) is 10.6. The Kier molecular flexibility index (Phi) is 3.16. The van der Waals surface area contributed by atoms with Crippen molar-refractivity contribution in [3.8, 4) is 0 Å². The van der Waals surface area contributed by atoms with Crippen LogP contribution >= 0.6 is 15.9 Å². The second kappa shape index (κ2) is 3.94. The highest BCUT2D eigenvalue weighted by Crippen LogP contribution is 2.05. The molecule has 0 aliphatic heterocycles. The number of benzene rings is 1. The molecular weight excluding hydrogens is 204 g/mol. The number of rotatable bonds is 2. The molecule has 0 aromatic heterocycles. The predicted molar refractivity (Wildman–Crippen MR) is 52.8 cm³/mol. The topological polar surface area (TPSA) is 0 Å². The fourth-order valence-electron chi connectivity index (χ4n) is 0.939. The first-order valence-corrected chi connectivity index (χ1v) is 5.54. The average Bonchev–Trinajstić information content (AvgIpc) is 1.88. The van der Waals surface area contributed by atoms with Crippen LogP contribution in [0.4, 0.5) is 0 Å². The SMILES string of the molecule is [SiH3]C(Br)Cc1ccccc1. The summed E-state index contributed by atoms with van der Waals surface area (Å²) in [6.45, 7) is 0. The highest BCUT2D eigenvalue weighted by atomic mass is 79.9. The minimum atomic E-state index is 0.718. The molecule has 0 nitrogen and oxygen atoms in total. The maximum atomic E-state index is 3.57. The van der Waals surface area contributed by atoms with E-state index in [0.29, 0.717) is 0 Å². The van der Waals surface area contributed by atoms with E-state index in [9.17, 15) is 0 Å². The molecule has 0 aliphatic carbocycles. The lowest BCUT2D eigenvalue weighted by Gasteiger charge is -2.01. The summed E-state index contributed by atoms with van der Waals surface area (Å²) in [5, 5.41) is 0. The number of hydrogen-bond acceptors (Lipinski definition) is 0. The lowest BCUT2D eigenvalue weighted by atomic mass is 10.2. The second-order valence-corrected chi connectivity index (χ2v) is 7.12. The largest absolute Gasteiger partial charge is 0.0933 e. The Balaban J connectivity index is 2.59. The Hall–Kier alpha value is -0.0831. The number of alkyl halides is 1. The molecule has 0 aliphatic rings. The Morgan fingerprint density at radius 2 is 1.90 bits per heavy atom. The third-order valence-electron chi connectivity index (χ3n) is 1.36. The molecule has 0 radical (unpaired) electrons. The third-order valence-corrected chi connectivity index (χ3v) is 2.09. The summed E-state index contributed by atoms with van der Waals surface area (Å²) in [5.74, 6) is 0. The van der Waals surface area contributed by atoms with Gasteiger partial charge in [-0.25, -0.2) is 0 Å². The summed E-state index contributed by atoms with van der Waals surface area (Å²) in [7, 11) is 1.22. The second-order valence-electron chi connectivity index (χ2n) is 2.47. The normalized spacial score (nSPS) is 13.3. The molecule has 10 heavy (non-hydrogen) atoms. The van der Waals surface area contributed by atoms with Crippen molar-refractivity contribution in [1.29, 1.82) is 0 Å². The van der Waals surface area contributed by atoms with Crippen molar-refractivity contribution in [3.63, 3.8) is 0 Å². The van der Waals surface area contributed by atoms with Gasteiger partial charge in [0, 0.05) is 14.7 Å². The smallest absolute Gasteiger partial charge is 0.0205 e. The minimum absolute atomic E-state index is 0.718. The van der Waals surface area contributed by atoms with Gasteiger partial charge in [-0.15, -0.1) is 0 Å². The van der Waals surface area contributed by atoms with E-state index in [2.05, 4.69) is 46.3 Å². The van der Waals surface area contributed by atoms with Crippen molar-refractivity contribution in [3.05, 3.63) is 35.9 Å². The van der Waals surface area contributed by atoms with Gasteiger partial charge in [-0.2, -0.15) is 0 Å². The molecule has 1 aromatic carbocycles. The molecule has 1 rings (SSSR count). The van der Waals surface area contributed by atoms with Gasteiger partial charge >= 0.3 is 0 Å². The van der Waals surface area contributed by atoms with E-state index in [1.807, 2.05) is 0 Å². The van der Waals surface area contributed by atoms with E-state index in [0.717, 1.165) is 4.45 Å². The summed E-state index contributed by atoms with van der Waals surface area (Å²) in [4.78, 5) is 0. The van der Waals surface area contributed by atoms with Crippen LogP contribution in [0.1, 0.15) is 5.56 Å². The van der Waals surface area contributed by atoms with Gasteiger partial charge in [-0.3, -0.25) is 0 Å². The first kappa shape index (κ1) is 8.02. The maximum Gasteiger partial charge on any atom is 0.0205 e. The highest BCUT2D eigenvalue weighted by Gasteiger charge is 1.95. The molecule has 0 saturated carbocycles. The van der Waals surface area contributed by atoms with E-state index in [4.69, 9.17) is 0 Å². The van der Waals surface area contributed by atoms with Gasteiger partial charge in [0.1, 0.15) is 0 Å². The van der Waals surface area contributed by atoms with Crippen molar-refractivity contribution < 1.29 is 0 Å². The Labute approximate surface area is 73.2 Å². The molecular formula is C8H11BrSi. The molecule has 0 spiro atoms. The summed E-state index contributed by atoms with van der Waals surface area (Å²) in [6.07, 6.45) is 1.17. The minimum Gasteiger partial charge on any atom is -0.0933 e. The van der Waals surface area contributed by atoms with Crippen molar-refractivity contribution in [2.45, 2.75) is 10.9 Å². The van der Waals surface area contributed by atoms with Gasteiger partial charge in [0.25, 0.3) is 0 Å². The first-order valence-electron chi connectivity index (χ1n) is 3.47. The number of hydrogen-bond donors (Lipinski definition) is 0. The molecule has 0 N–H and O–H groups in total. The fourth-order valence-corrected chi connectivity index (χ4v) is 1.78. The van der Waals surface area contributed by atoms with Crippen LogP contribution in [0.3, 0.4) is 0 Å². The molecule has 0 fully saturated rings. The van der Waals surface area contributed by atoms with E-state index < -0.39 is 0 Å². The van der Waals surface area contributed by atoms with Crippen LogP contribution in [0.5, 0.6) is 0 Å². The van der Waals surface area contributed by atoms with Crippen molar-refractivity contribution in [2.75, 3.05) is 0 Å². The molecule has 54 valence electrons. The number of halogens is 1. The lowest BCUT2D eigenvalue weighted by molar-refractivity contribution is 1.11. The van der Waals surface area contributed by atoms with Crippen molar-refractivity contribution >= 4 is 26.2 Å². The summed E-state index contributed by atoms with van der Waals surface area (Å²) in [5.41, 5.74) is 1.43. The van der Waals surface area contributed by atoms with E-state index in [-0.39, 0.29) is 0 Å². The van der Waals surface area contributed by atoms with Gasteiger partial charge in [-0.05, 0) is 12.0 Å². The van der Waals surface area contributed by atoms with Crippen LogP contribution in [0.15, 0.2) is 30.3 Å². The fraction of sp³-hybridized carbons (Fsp3) is 0.250. The van der Waals surface area contributed by atoms with Crippen LogP contribution in [-0.4, -0.2) is 14.7 Å². The monoisotopic (exact) mass is 214 g/mol. The predicted octanol–water partition coefficient (Wildman–Crippen LogP) is 1.32. The molecule has 0 bridgehead atoms. The van der Waals surface area contributed by atoms with Gasteiger partial charge in [-0.1, -0.05) is 46.3 Å². The van der Waals surface area contributed by atoms with Gasteiger partial charge in [0.05, 0.1) is 0 Å². The zero-order chi connectivity index (χ0) is 7.40. The standard InChI is InChI=1S/C8H11BrSi/c9-8(10)6-7-4-2-1-3-5-7/h1-5,8H,6H2,10H3. The van der Waals surface area contributed by atoms with Crippen LogP contribution in [-0.2, 0) is 6.42 Å². The molecule has 2 heteroatoms. The summed E-state index contributed by atoms with van der Waals surface area (Å²) < 4.78 is 0.718. The zero-order valence-corrected chi connectivity index (χ0v) is 9.64. The van der Waals surface area contributed by atoms with E-state index >= 15 is 0 Å². The zero-order valence-electron chi connectivity index (χ0n) is 6.05. The molecule has 1 aromatic rings. The van der Waals surface area contributed by atoms with Crippen LogP contribution in [0.2, 0.25) is 0 Å². The quantitative estimate of drug-likeness (QED) is 0.515. The Bertz CT molecular complexity index is 184. The van der Waals surface area contributed by atoms with E-state index in [1.165, 1.54) is 22.2 Å². The van der Waals surface area contributed by atoms with Crippen LogP contribution < -0.4 is 0 Å². The van der Waals surface area contributed by atoms with Crippen molar-refractivity contribution in [2.24, 2.45) is 0 Å². The van der Waals surface area contributed by atoms with Gasteiger partial charge < -0.3 is 0 Å². The molecule has 0 heterocycles. The average molecular weight is 215 g/mol. The molecule has 1 unspecified atom stereocenters. The third kappa shape index (κ3) is 2.67. The molecule has 0 saturated heterocycles. The Morgan fingerprint density at radius 3 is 2.40 bits per heavy atom. The molecule has 0 amide bonds. The lowest BCUT2D eigenvalue weighted by Crippen LogP contribution is -2.00. The van der Waals surface area contributed by atoms with Crippen molar-refractivity contribution in [1.82, 2.24) is 0 Å². The van der Waals surface area contributed by atoms with E-state index in [1.54, 1.807) is 0 Å². The molecule has 1 atom stereocenters. The Morgan fingerprint density at radius 1 is 1.30 bits per heavy atom. The maximum absolute atomic E-state index is 3.57. The van der Waals surface area contributed by atoms with Crippen LogP contribution in [0, 0.1) is 0 Å². The van der Waals surface area contributed by atoms with Crippen LogP contribution in [0.25, 0.3) is 0 Å². The summed E-state index contributed by atoms with van der Waals surface area (Å²) >= 11 is 3.57. The first-order chi connectivity index (χ1) is 4.79. The highest BCUT2D eigenvalue weighted by molar-refractivity contribution is 9.10. The van der Waals surface area contributed by atoms with Gasteiger partial charge in [0.2, 0.25) is 0 Å².